The molecule has 0 fully saturated rings. The highest BCUT2D eigenvalue weighted by Gasteiger charge is 2.69. The molecule has 0 aromatic heterocycles. The molecule has 4 rings (SSSR count). The van der Waals surface area contributed by atoms with Crippen molar-refractivity contribution >= 4 is 17.1 Å². The van der Waals surface area contributed by atoms with Crippen molar-refractivity contribution in [3.63, 3.8) is 0 Å². The molecule has 1 aliphatic carbocycles. The molecule has 2 aliphatic rings. The van der Waals surface area contributed by atoms with E-state index < -0.39 is 35.6 Å². The molecule has 140 valence electrons. The van der Waals surface area contributed by atoms with E-state index in [1.165, 1.54) is 24.3 Å². The number of benzene rings is 2. The molecule has 2 aromatic rings. The summed E-state index contributed by atoms with van der Waals surface area (Å²) in [6.07, 6.45) is -5.66. The number of carbonyl (C=O) groups excluding carboxylic acids is 1. The Labute approximate surface area is 158 Å². The number of nitrogens with zero attached hydrogens (tertiary/aromatic N) is 1. The number of allylic oxidation sites excluding steroid dienone is 1. The lowest BCUT2D eigenvalue weighted by molar-refractivity contribution is -0.255. The summed E-state index contributed by atoms with van der Waals surface area (Å²) >= 11 is 0. The average molecular weight is 382 g/mol. The number of para-hydroxylation sites is 1. The lowest BCUT2D eigenvalue weighted by atomic mass is 9.65. The van der Waals surface area contributed by atoms with E-state index in [9.17, 15) is 23.2 Å². The molecule has 0 bridgehead atoms. The average Bonchev–Trinajstić information content (AvgIpc) is 2.67. The normalized spacial score (nSPS) is 24.1. The van der Waals surface area contributed by atoms with Crippen LogP contribution >= 0.6 is 0 Å². The van der Waals surface area contributed by atoms with Crippen LogP contribution < -0.4 is 4.74 Å². The summed E-state index contributed by atoms with van der Waals surface area (Å²) in [5.41, 5.74) is -3.38. The minimum atomic E-state index is -4.94. The molecule has 2 unspecified atom stereocenters. The fourth-order valence-electron chi connectivity index (χ4n) is 3.88. The standard InChI is InChI=1S/C21H13F3N2O2/c22-21(23,24)20-10-14(12-6-2-1-3-7-12)15(11-25)18(26)17(20)19(27)13-8-4-5-9-16(13)28-20/h1-9,17,26H,10H2. The number of halogens is 3. The Morgan fingerprint density at radius 3 is 2.39 bits per heavy atom. The summed E-state index contributed by atoms with van der Waals surface area (Å²) in [4.78, 5) is 13.0. The highest BCUT2D eigenvalue weighted by Crippen LogP contribution is 2.54. The maximum Gasteiger partial charge on any atom is 0.429 e. The van der Waals surface area contributed by atoms with Gasteiger partial charge in [0.2, 0.25) is 5.60 Å². The van der Waals surface area contributed by atoms with Crippen LogP contribution in [0.4, 0.5) is 13.2 Å². The summed E-state index contributed by atoms with van der Waals surface area (Å²) < 4.78 is 48.5. The van der Waals surface area contributed by atoms with Crippen LogP contribution in [-0.4, -0.2) is 23.3 Å². The number of rotatable bonds is 1. The van der Waals surface area contributed by atoms with Gasteiger partial charge in [0.15, 0.2) is 5.78 Å². The number of ketones is 1. The number of hydrogen-bond acceptors (Lipinski definition) is 4. The maximum atomic E-state index is 14.3. The minimum absolute atomic E-state index is 0.0161. The molecule has 1 aliphatic heterocycles. The van der Waals surface area contributed by atoms with Crippen molar-refractivity contribution in [3.05, 3.63) is 71.3 Å². The molecule has 1 heterocycles. The first-order chi connectivity index (χ1) is 13.3. The first-order valence-electron chi connectivity index (χ1n) is 8.46. The van der Waals surface area contributed by atoms with Crippen molar-refractivity contribution in [1.29, 1.82) is 10.7 Å². The molecule has 0 amide bonds. The number of nitriles is 1. The van der Waals surface area contributed by atoms with E-state index in [1.807, 2.05) is 6.07 Å². The Morgan fingerprint density at radius 1 is 1.11 bits per heavy atom. The zero-order chi connectivity index (χ0) is 20.1. The van der Waals surface area contributed by atoms with Gasteiger partial charge in [-0.15, -0.1) is 0 Å². The van der Waals surface area contributed by atoms with Crippen molar-refractivity contribution in [3.8, 4) is 11.8 Å². The van der Waals surface area contributed by atoms with Crippen molar-refractivity contribution in [2.45, 2.75) is 18.2 Å². The summed E-state index contributed by atoms with van der Waals surface area (Å²) in [6.45, 7) is 0. The van der Waals surface area contributed by atoms with Gasteiger partial charge in [-0.25, -0.2) is 0 Å². The van der Waals surface area contributed by atoms with Crippen LogP contribution in [0.15, 0.2) is 60.2 Å². The van der Waals surface area contributed by atoms with Gasteiger partial charge in [0.05, 0.1) is 16.8 Å². The Hall–Kier alpha value is -3.40. The van der Waals surface area contributed by atoms with Crippen molar-refractivity contribution in [2.75, 3.05) is 0 Å². The van der Waals surface area contributed by atoms with E-state index in [4.69, 9.17) is 10.1 Å². The molecule has 0 saturated heterocycles. The Morgan fingerprint density at radius 2 is 1.75 bits per heavy atom. The van der Waals surface area contributed by atoms with E-state index >= 15 is 0 Å². The second-order valence-electron chi connectivity index (χ2n) is 6.70. The SMILES string of the molecule is N#CC1=C(c2ccccc2)CC2(C(F)(F)F)Oc3ccccc3C(=O)C2C1=N. The number of carbonyl (C=O) groups is 1. The highest BCUT2D eigenvalue weighted by atomic mass is 19.4. The molecule has 0 radical (unpaired) electrons. The van der Waals surface area contributed by atoms with Crippen LogP contribution in [0.1, 0.15) is 22.3 Å². The van der Waals surface area contributed by atoms with Crippen molar-refractivity contribution in [1.82, 2.24) is 0 Å². The minimum Gasteiger partial charge on any atom is -0.475 e. The molecule has 0 spiro atoms. The molecule has 2 atom stereocenters. The molecule has 7 heteroatoms. The highest BCUT2D eigenvalue weighted by molar-refractivity contribution is 6.24. The lowest BCUT2D eigenvalue weighted by Crippen LogP contribution is -2.64. The second-order valence-corrected chi connectivity index (χ2v) is 6.70. The van der Waals surface area contributed by atoms with Gasteiger partial charge in [-0.1, -0.05) is 42.5 Å². The third-order valence-corrected chi connectivity index (χ3v) is 5.19. The summed E-state index contributed by atoms with van der Waals surface area (Å²) in [7, 11) is 0. The first kappa shape index (κ1) is 18.0. The van der Waals surface area contributed by atoms with Gasteiger partial charge in [-0.3, -0.25) is 4.79 Å². The number of fused-ring (bicyclic) bond motifs is 2. The van der Waals surface area contributed by atoms with Gasteiger partial charge in [0, 0.05) is 6.42 Å². The zero-order valence-corrected chi connectivity index (χ0v) is 14.4. The Kier molecular flexibility index (Phi) is 3.89. The molecule has 1 N–H and O–H groups in total. The fourth-order valence-corrected chi connectivity index (χ4v) is 3.88. The van der Waals surface area contributed by atoms with Crippen molar-refractivity contribution < 1.29 is 22.7 Å². The maximum absolute atomic E-state index is 14.3. The van der Waals surface area contributed by atoms with Gasteiger partial charge in [0.25, 0.3) is 0 Å². The van der Waals surface area contributed by atoms with E-state index in [0.717, 1.165) is 0 Å². The quantitative estimate of drug-likeness (QED) is 0.785. The number of alkyl halides is 3. The number of Topliss-reactive ketones (excluding diaryl/α,β-unsaturated/α-hetero) is 1. The lowest BCUT2D eigenvalue weighted by Gasteiger charge is -2.47. The smallest absolute Gasteiger partial charge is 0.429 e. The van der Waals surface area contributed by atoms with E-state index in [-0.39, 0.29) is 22.5 Å². The number of nitrogens with one attached hydrogen (secondary N) is 1. The Bertz CT molecular complexity index is 1070. The summed E-state index contributed by atoms with van der Waals surface area (Å²) in [5, 5.41) is 17.9. The van der Waals surface area contributed by atoms with Crippen LogP contribution in [0, 0.1) is 22.7 Å². The van der Waals surface area contributed by atoms with Gasteiger partial charge in [-0.05, 0) is 23.3 Å². The molecule has 28 heavy (non-hydrogen) atoms. The zero-order valence-electron chi connectivity index (χ0n) is 14.4. The number of ether oxygens (including phenoxy) is 1. The van der Waals surface area contributed by atoms with Crippen LogP contribution in [0.3, 0.4) is 0 Å². The van der Waals surface area contributed by atoms with Gasteiger partial charge in [-0.2, -0.15) is 18.4 Å². The van der Waals surface area contributed by atoms with Crippen LogP contribution in [0.2, 0.25) is 0 Å². The first-order valence-corrected chi connectivity index (χ1v) is 8.46. The van der Waals surface area contributed by atoms with Crippen LogP contribution in [0.25, 0.3) is 5.57 Å². The molecular weight excluding hydrogens is 369 g/mol. The predicted octanol–water partition coefficient (Wildman–Crippen LogP) is 4.58. The van der Waals surface area contributed by atoms with Crippen molar-refractivity contribution in [2.24, 2.45) is 5.92 Å². The van der Waals surface area contributed by atoms with Gasteiger partial charge in [0.1, 0.15) is 17.7 Å². The predicted molar refractivity (Wildman–Crippen MR) is 95.0 cm³/mol. The fraction of sp³-hybridized carbons (Fsp3) is 0.190. The van der Waals surface area contributed by atoms with Gasteiger partial charge < -0.3 is 10.1 Å². The Balaban J connectivity index is 1.99. The monoisotopic (exact) mass is 382 g/mol. The molecular formula is C21H13F3N2O2. The molecule has 0 saturated carbocycles. The third kappa shape index (κ3) is 2.38. The van der Waals surface area contributed by atoms with Crippen LogP contribution in [-0.2, 0) is 0 Å². The number of hydrogen-bond donors (Lipinski definition) is 1. The summed E-state index contributed by atoms with van der Waals surface area (Å²) in [5.74, 6) is -2.95. The van der Waals surface area contributed by atoms with Crippen LogP contribution in [0.5, 0.6) is 5.75 Å². The summed E-state index contributed by atoms with van der Waals surface area (Å²) in [6, 6.07) is 15.6. The third-order valence-electron chi connectivity index (χ3n) is 5.19. The molecule has 4 nitrogen and oxygen atoms in total. The largest absolute Gasteiger partial charge is 0.475 e. The van der Waals surface area contributed by atoms with Gasteiger partial charge >= 0.3 is 6.18 Å². The molecule has 2 aromatic carbocycles. The topological polar surface area (TPSA) is 73.9 Å². The van der Waals surface area contributed by atoms with E-state index in [2.05, 4.69) is 0 Å². The van der Waals surface area contributed by atoms with E-state index in [0.29, 0.717) is 5.56 Å². The second kappa shape index (κ2) is 6.06. The van der Waals surface area contributed by atoms with E-state index in [1.54, 1.807) is 30.3 Å².